The second kappa shape index (κ2) is 6.24. The molecule has 2 nitrogen and oxygen atoms in total. The summed E-state index contributed by atoms with van der Waals surface area (Å²) < 4.78 is 6.14. The van der Waals surface area contributed by atoms with E-state index in [4.69, 9.17) is 10.5 Å². The zero-order valence-corrected chi connectivity index (χ0v) is 9.82. The summed E-state index contributed by atoms with van der Waals surface area (Å²) in [5.41, 5.74) is 6.64. The molecule has 0 aliphatic rings. The highest BCUT2D eigenvalue weighted by atomic mass is 79.9. The molecule has 0 radical (unpaired) electrons. The van der Waals surface area contributed by atoms with E-state index in [1.165, 1.54) is 5.56 Å². The Hall–Kier alpha value is -0.250. The zero-order chi connectivity index (χ0) is 8.97. The summed E-state index contributed by atoms with van der Waals surface area (Å²) in [5.74, 6) is 0.868. The lowest BCUT2D eigenvalue weighted by Crippen LogP contribution is -2.02. The molecule has 0 aromatic heterocycles. The van der Waals surface area contributed by atoms with Gasteiger partial charge < -0.3 is 10.5 Å². The first-order chi connectivity index (χ1) is 5.76. The summed E-state index contributed by atoms with van der Waals surface area (Å²) in [6.45, 7) is 0.666. The van der Waals surface area contributed by atoms with E-state index >= 15 is 0 Å². The summed E-state index contributed by atoms with van der Waals surface area (Å²) in [7, 11) is 1.66. The van der Waals surface area contributed by atoms with Gasteiger partial charge in [0.2, 0.25) is 0 Å². The highest BCUT2D eigenvalue weighted by Gasteiger charge is 1.97. The average molecular weight is 267 g/mol. The molecule has 0 spiro atoms. The number of methoxy groups -OCH3 is 1. The van der Waals surface area contributed by atoms with E-state index in [2.05, 4.69) is 22.0 Å². The fraction of sp³-hybridized carbons (Fsp3) is 0.333. The molecule has 0 bridgehead atoms. The minimum absolute atomic E-state index is 0. The molecule has 0 aliphatic heterocycles. The van der Waals surface area contributed by atoms with Crippen LogP contribution in [0.5, 0.6) is 5.75 Å². The maximum Gasteiger partial charge on any atom is 0.120 e. The van der Waals surface area contributed by atoms with E-state index in [9.17, 15) is 0 Å². The van der Waals surface area contributed by atoms with Crippen molar-refractivity contribution in [3.63, 3.8) is 0 Å². The van der Waals surface area contributed by atoms with E-state index in [0.717, 1.165) is 16.6 Å². The largest absolute Gasteiger partial charge is 0.497 e. The van der Waals surface area contributed by atoms with Gasteiger partial charge in [0, 0.05) is 4.47 Å². The van der Waals surface area contributed by atoms with Crippen molar-refractivity contribution in [1.82, 2.24) is 0 Å². The fourth-order valence-electron chi connectivity index (χ4n) is 1.05. The first-order valence-corrected chi connectivity index (χ1v) is 4.59. The lowest BCUT2D eigenvalue weighted by atomic mass is 10.1. The average Bonchev–Trinajstić information content (AvgIpc) is 2.04. The van der Waals surface area contributed by atoms with E-state index in [-0.39, 0.29) is 12.4 Å². The first-order valence-electron chi connectivity index (χ1n) is 3.80. The molecule has 2 N–H and O–H groups in total. The van der Waals surface area contributed by atoms with Crippen LogP contribution >= 0.6 is 28.3 Å². The van der Waals surface area contributed by atoms with E-state index < -0.39 is 0 Å². The van der Waals surface area contributed by atoms with Crippen LogP contribution in [-0.4, -0.2) is 13.7 Å². The van der Waals surface area contributed by atoms with Crippen LogP contribution in [0.2, 0.25) is 0 Å². The van der Waals surface area contributed by atoms with Crippen molar-refractivity contribution in [3.8, 4) is 5.75 Å². The van der Waals surface area contributed by atoms with Gasteiger partial charge in [-0.05, 0) is 36.7 Å². The number of hydrogen-bond acceptors (Lipinski definition) is 2. The van der Waals surface area contributed by atoms with E-state index in [0.29, 0.717) is 6.54 Å². The Labute approximate surface area is 93.0 Å². The van der Waals surface area contributed by atoms with Crippen LogP contribution in [0, 0.1) is 0 Å². The Morgan fingerprint density at radius 1 is 1.38 bits per heavy atom. The third kappa shape index (κ3) is 3.98. The molecule has 1 aromatic carbocycles. The van der Waals surface area contributed by atoms with Crippen LogP contribution < -0.4 is 10.5 Å². The van der Waals surface area contributed by atoms with E-state index in [1.54, 1.807) is 7.11 Å². The maximum absolute atomic E-state index is 5.45. The standard InChI is InChI=1S/C9H12BrNO.ClH/c1-12-9-5-7(2-3-11)4-8(10)6-9;/h4-6H,2-3,11H2,1H3;1H. The number of rotatable bonds is 3. The van der Waals surface area contributed by atoms with Gasteiger partial charge in [-0.15, -0.1) is 12.4 Å². The van der Waals surface area contributed by atoms with E-state index in [1.807, 2.05) is 12.1 Å². The van der Waals surface area contributed by atoms with Gasteiger partial charge in [0.05, 0.1) is 7.11 Å². The SMILES string of the molecule is COc1cc(Br)cc(CCN)c1.Cl. The van der Waals surface area contributed by atoms with Crippen molar-refractivity contribution < 1.29 is 4.74 Å². The number of halogens is 2. The zero-order valence-electron chi connectivity index (χ0n) is 7.42. The second-order valence-corrected chi connectivity index (χ2v) is 3.45. The molecule has 4 heteroatoms. The Morgan fingerprint density at radius 3 is 2.62 bits per heavy atom. The quantitative estimate of drug-likeness (QED) is 0.912. The van der Waals surface area contributed by atoms with Crippen LogP contribution in [0.15, 0.2) is 22.7 Å². The van der Waals surface area contributed by atoms with Gasteiger partial charge in [0.25, 0.3) is 0 Å². The summed E-state index contributed by atoms with van der Waals surface area (Å²) >= 11 is 3.40. The van der Waals surface area contributed by atoms with Gasteiger partial charge in [-0.2, -0.15) is 0 Å². The summed E-state index contributed by atoms with van der Waals surface area (Å²) in [6.07, 6.45) is 0.885. The maximum atomic E-state index is 5.45. The number of nitrogens with two attached hydrogens (primary N) is 1. The van der Waals surface area contributed by atoms with Crippen molar-refractivity contribution >= 4 is 28.3 Å². The molecule has 0 amide bonds. The molecule has 1 rings (SSSR count). The van der Waals surface area contributed by atoms with Gasteiger partial charge in [-0.3, -0.25) is 0 Å². The third-order valence-electron chi connectivity index (χ3n) is 1.60. The van der Waals surface area contributed by atoms with Crippen molar-refractivity contribution in [2.75, 3.05) is 13.7 Å². The molecule has 74 valence electrons. The molecule has 0 saturated carbocycles. The molecule has 0 saturated heterocycles. The highest BCUT2D eigenvalue weighted by molar-refractivity contribution is 9.10. The van der Waals surface area contributed by atoms with Crippen LogP contribution in [0.1, 0.15) is 5.56 Å². The predicted octanol–water partition coefficient (Wildman–Crippen LogP) is 2.38. The van der Waals surface area contributed by atoms with Gasteiger partial charge in [0.15, 0.2) is 0 Å². The Bertz CT molecular complexity index is 268. The normalized spacial score (nSPS) is 9.15. The van der Waals surface area contributed by atoms with Crippen molar-refractivity contribution in [2.45, 2.75) is 6.42 Å². The molecule has 0 fully saturated rings. The second-order valence-electron chi connectivity index (χ2n) is 2.54. The monoisotopic (exact) mass is 265 g/mol. The van der Waals surface area contributed by atoms with Crippen molar-refractivity contribution in [3.05, 3.63) is 28.2 Å². The predicted molar refractivity (Wildman–Crippen MR) is 60.7 cm³/mol. The summed E-state index contributed by atoms with van der Waals surface area (Å²) in [4.78, 5) is 0. The number of hydrogen-bond donors (Lipinski definition) is 1. The van der Waals surface area contributed by atoms with Gasteiger partial charge in [-0.1, -0.05) is 15.9 Å². The van der Waals surface area contributed by atoms with Crippen LogP contribution in [0.3, 0.4) is 0 Å². The Kier molecular flexibility index (Phi) is 6.12. The number of ether oxygens (including phenoxy) is 1. The molecule has 13 heavy (non-hydrogen) atoms. The van der Waals surface area contributed by atoms with Crippen LogP contribution in [0.25, 0.3) is 0 Å². The molecular formula is C9H13BrClNO. The Balaban J connectivity index is 0.00000144. The molecule has 0 aliphatic carbocycles. The van der Waals surface area contributed by atoms with Gasteiger partial charge in [-0.25, -0.2) is 0 Å². The van der Waals surface area contributed by atoms with Gasteiger partial charge >= 0.3 is 0 Å². The third-order valence-corrected chi connectivity index (χ3v) is 2.06. The minimum atomic E-state index is 0. The Morgan fingerprint density at radius 2 is 2.08 bits per heavy atom. The molecule has 0 unspecified atom stereocenters. The lowest BCUT2D eigenvalue weighted by Gasteiger charge is -2.04. The number of benzene rings is 1. The van der Waals surface area contributed by atoms with Crippen LogP contribution in [-0.2, 0) is 6.42 Å². The molecular weight excluding hydrogens is 253 g/mol. The fourth-order valence-corrected chi connectivity index (χ4v) is 1.57. The molecule has 0 heterocycles. The van der Waals surface area contributed by atoms with Crippen molar-refractivity contribution in [2.24, 2.45) is 5.73 Å². The van der Waals surface area contributed by atoms with Gasteiger partial charge in [0.1, 0.15) is 5.75 Å². The summed E-state index contributed by atoms with van der Waals surface area (Å²) in [5, 5.41) is 0. The molecule has 0 atom stereocenters. The lowest BCUT2D eigenvalue weighted by molar-refractivity contribution is 0.414. The summed E-state index contributed by atoms with van der Waals surface area (Å²) in [6, 6.07) is 5.98. The highest BCUT2D eigenvalue weighted by Crippen LogP contribution is 2.21. The minimum Gasteiger partial charge on any atom is -0.497 e. The van der Waals surface area contributed by atoms with Crippen molar-refractivity contribution in [1.29, 1.82) is 0 Å². The smallest absolute Gasteiger partial charge is 0.120 e. The van der Waals surface area contributed by atoms with Crippen LogP contribution in [0.4, 0.5) is 0 Å². The topological polar surface area (TPSA) is 35.2 Å². The first kappa shape index (κ1) is 12.8. The molecule has 1 aromatic rings.